The van der Waals surface area contributed by atoms with Gasteiger partial charge in [0.2, 0.25) is 10.0 Å². The average Bonchev–Trinajstić information content (AvgIpc) is 2.52. The maximum atomic E-state index is 14.5. The Kier molecular flexibility index (Phi) is 7.40. The van der Waals surface area contributed by atoms with E-state index in [2.05, 4.69) is 15.4 Å². The summed E-state index contributed by atoms with van der Waals surface area (Å²) in [7, 11) is -3.23. The van der Waals surface area contributed by atoms with Gasteiger partial charge in [-0.1, -0.05) is 0 Å². The highest BCUT2D eigenvalue weighted by atomic mass is 32.2. The molecule has 0 saturated carbocycles. The molecule has 1 aliphatic rings. The van der Waals surface area contributed by atoms with Gasteiger partial charge in [-0.3, -0.25) is 0 Å². The molecule has 8 nitrogen and oxygen atoms in total. The molecule has 0 spiro atoms. The molecule has 1 fully saturated rings. The molecule has 27 heavy (non-hydrogen) atoms. The Morgan fingerprint density at radius 2 is 1.93 bits per heavy atom. The van der Waals surface area contributed by atoms with Gasteiger partial charge in [-0.25, -0.2) is 22.3 Å². The number of carbonyl (C=O) groups excluding carboxylic acids is 1. The molecule has 0 aromatic heterocycles. The summed E-state index contributed by atoms with van der Waals surface area (Å²) in [5, 5.41) is 5.16. The summed E-state index contributed by atoms with van der Waals surface area (Å²) in [6.07, 6.45) is 1.56. The summed E-state index contributed by atoms with van der Waals surface area (Å²) in [6, 6.07) is 4.10. The van der Waals surface area contributed by atoms with Crippen molar-refractivity contribution in [3.63, 3.8) is 0 Å². The lowest BCUT2D eigenvalue weighted by molar-refractivity contribution is -0.00539. The summed E-state index contributed by atoms with van der Waals surface area (Å²) in [5.74, 6) is -0.411. The number of hydrogen-bond acceptors (Lipinski definition) is 5. The molecule has 1 aliphatic heterocycles. The van der Waals surface area contributed by atoms with Crippen molar-refractivity contribution in [1.29, 1.82) is 0 Å². The van der Waals surface area contributed by atoms with Gasteiger partial charge in [-0.15, -0.1) is 0 Å². The highest BCUT2D eigenvalue weighted by molar-refractivity contribution is 7.88. The van der Waals surface area contributed by atoms with Crippen LogP contribution in [0.5, 0.6) is 0 Å². The number of sulfonamides is 1. The average molecular weight is 402 g/mol. The van der Waals surface area contributed by atoms with E-state index in [1.807, 2.05) is 18.7 Å². The lowest BCUT2D eigenvalue weighted by Crippen LogP contribution is -2.45. The van der Waals surface area contributed by atoms with Gasteiger partial charge in [-0.2, -0.15) is 0 Å². The van der Waals surface area contributed by atoms with Crippen LogP contribution in [0.25, 0.3) is 0 Å². The number of nitrogens with one attached hydrogen (secondary N) is 3. The van der Waals surface area contributed by atoms with E-state index in [1.165, 1.54) is 6.07 Å². The summed E-state index contributed by atoms with van der Waals surface area (Å²) in [4.78, 5) is 13.8. The number of amides is 2. The van der Waals surface area contributed by atoms with Crippen molar-refractivity contribution in [3.05, 3.63) is 24.0 Å². The van der Waals surface area contributed by atoms with Crippen LogP contribution in [0.2, 0.25) is 0 Å². The first-order valence-corrected chi connectivity index (χ1v) is 10.7. The fraction of sp³-hybridized carbons (Fsp3) is 0.588. The van der Waals surface area contributed by atoms with Crippen molar-refractivity contribution in [2.24, 2.45) is 0 Å². The van der Waals surface area contributed by atoms with Gasteiger partial charge in [-0.05, 0) is 38.5 Å². The number of nitrogens with zero attached hydrogens (tertiary/aromatic N) is 1. The Hall–Kier alpha value is -1.91. The van der Waals surface area contributed by atoms with Crippen LogP contribution in [0, 0.1) is 5.82 Å². The van der Waals surface area contributed by atoms with Crippen LogP contribution in [0.1, 0.15) is 20.3 Å². The van der Waals surface area contributed by atoms with Crippen molar-refractivity contribution in [3.8, 4) is 0 Å². The standard InChI is InChI=1S/C17H27FN4O4S/c1-12-10-22(11-13(2)26-12)16-6-5-14(9-15(16)18)21-17(23)19-7-4-8-20-27(3,24)25/h5-6,9,12-13,20H,4,7-8,10-11H2,1-3H3,(H2,19,21,23). The second kappa shape index (κ2) is 9.34. The second-order valence-electron chi connectivity index (χ2n) is 6.73. The molecule has 1 saturated heterocycles. The summed E-state index contributed by atoms with van der Waals surface area (Å²) in [5.41, 5.74) is 0.826. The number of benzene rings is 1. The van der Waals surface area contributed by atoms with Crippen LogP contribution in [0.15, 0.2) is 18.2 Å². The lowest BCUT2D eigenvalue weighted by Gasteiger charge is -2.37. The zero-order chi connectivity index (χ0) is 20.0. The minimum absolute atomic E-state index is 0.0221. The summed E-state index contributed by atoms with van der Waals surface area (Å²) >= 11 is 0. The molecule has 0 bridgehead atoms. The van der Waals surface area contributed by atoms with E-state index < -0.39 is 21.9 Å². The fourth-order valence-electron chi connectivity index (χ4n) is 2.94. The van der Waals surface area contributed by atoms with E-state index in [4.69, 9.17) is 4.74 Å². The van der Waals surface area contributed by atoms with E-state index >= 15 is 0 Å². The van der Waals surface area contributed by atoms with Gasteiger partial charge < -0.3 is 20.3 Å². The van der Waals surface area contributed by atoms with E-state index in [0.29, 0.717) is 37.4 Å². The first-order valence-electron chi connectivity index (χ1n) is 8.83. The van der Waals surface area contributed by atoms with Crippen LogP contribution < -0.4 is 20.3 Å². The molecule has 0 aliphatic carbocycles. The molecule has 152 valence electrons. The summed E-state index contributed by atoms with van der Waals surface area (Å²) < 4.78 is 44.3. The van der Waals surface area contributed by atoms with Crippen molar-refractivity contribution in [1.82, 2.24) is 10.0 Å². The smallest absolute Gasteiger partial charge is 0.319 e. The monoisotopic (exact) mass is 402 g/mol. The third kappa shape index (κ3) is 7.31. The van der Waals surface area contributed by atoms with Crippen molar-refractivity contribution >= 4 is 27.4 Å². The number of halogens is 1. The van der Waals surface area contributed by atoms with E-state index in [0.717, 1.165) is 6.26 Å². The predicted octanol–water partition coefficient (Wildman–Crippen LogP) is 1.50. The molecule has 10 heteroatoms. The number of rotatable bonds is 7. The van der Waals surface area contributed by atoms with E-state index in [9.17, 15) is 17.6 Å². The van der Waals surface area contributed by atoms with Gasteiger partial charge in [0.05, 0.1) is 24.2 Å². The molecule has 1 aromatic rings. The minimum Gasteiger partial charge on any atom is -0.372 e. The van der Waals surface area contributed by atoms with Crippen molar-refractivity contribution < 1.29 is 22.3 Å². The molecule has 2 amide bonds. The largest absolute Gasteiger partial charge is 0.372 e. The highest BCUT2D eigenvalue weighted by Crippen LogP contribution is 2.26. The molecule has 3 N–H and O–H groups in total. The third-order valence-electron chi connectivity index (χ3n) is 3.97. The molecule has 2 rings (SSSR count). The van der Waals surface area contributed by atoms with Crippen LogP contribution in [0.4, 0.5) is 20.6 Å². The fourth-order valence-corrected chi connectivity index (χ4v) is 3.45. The van der Waals surface area contributed by atoms with E-state index in [-0.39, 0.29) is 18.8 Å². The van der Waals surface area contributed by atoms with Crippen LogP contribution >= 0.6 is 0 Å². The number of anilines is 2. The van der Waals surface area contributed by atoms with Gasteiger partial charge in [0.15, 0.2) is 0 Å². The Morgan fingerprint density at radius 3 is 2.52 bits per heavy atom. The maximum absolute atomic E-state index is 14.5. The number of hydrogen-bond donors (Lipinski definition) is 3. The highest BCUT2D eigenvalue weighted by Gasteiger charge is 2.24. The predicted molar refractivity (Wildman–Crippen MR) is 103 cm³/mol. The number of morpholine rings is 1. The first-order chi connectivity index (χ1) is 12.6. The Bertz CT molecular complexity index is 749. The van der Waals surface area contributed by atoms with Crippen LogP contribution in [0.3, 0.4) is 0 Å². The van der Waals surface area contributed by atoms with Gasteiger partial charge in [0.25, 0.3) is 0 Å². The molecular weight excluding hydrogens is 375 g/mol. The Labute approximate surface area is 159 Å². The number of ether oxygens (including phenoxy) is 1. The molecular formula is C17H27FN4O4S. The molecule has 2 atom stereocenters. The van der Waals surface area contributed by atoms with Gasteiger partial charge in [0, 0.05) is 31.9 Å². The van der Waals surface area contributed by atoms with Crippen molar-refractivity contribution in [2.45, 2.75) is 32.5 Å². The minimum atomic E-state index is -3.23. The van der Waals surface area contributed by atoms with Gasteiger partial charge in [0.1, 0.15) is 5.82 Å². The number of urea groups is 1. The van der Waals surface area contributed by atoms with Crippen molar-refractivity contribution in [2.75, 3.05) is 42.7 Å². The van der Waals surface area contributed by atoms with E-state index in [1.54, 1.807) is 12.1 Å². The third-order valence-corrected chi connectivity index (χ3v) is 4.70. The zero-order valence-corrected chi connectivity index (χ0v) is 16.6. The molecule has 1 aromatic carbocycles. The molecule has 2 unspecified atom stereocenters. The van der Waals surface area contributed by atoms with Crippen LogP contribution in [-0.4, -0.2) is 59.1 Å². The topological polar surface area (TPSA) is 99.8 Å². The van der Waals surface area contributed by atoms with Gasteiger partial charge >= 0.3 is 6.03 Å². The Morgan fingerprint density at radius 1 is 1.26 bits per heavy atom. The van der Waals surface area contributed by atoms with Crippen LogP contribution in [-0.2, 0) is 14.8 Å². The zero-order valence-electron chi connectivity index (χ0n) is 15.8. The SMILES string of the molecule is CC1CN(c2ccc(NC(=O)NCCCNS(C)(=O)=O)cc2F)CC(C)O1. The molecule has 0 radical (unpaired) electrons. The lowest BCUT2D eigenvalue weighted by atomic mass is 10.2. The maximum Gasteiger partial charge on any atom is 0.319 e. The molecule has 1 heterocycles. The first kappa shape index (κ1) is 21.4. The summed E-state index contributed by atoms with van der Waals surface area (Å²) in [6.45, 7) is 5.64. The normalized spacial score (nSPS) is 20.4. The Balaban J connectivity index is 1.83. The quantitative estimate of drug-likeness (QED) is 0.600. The second-order valence-corrected chi connectivity index (χ2v) is 8.56. The number of carbonyl (C=O) groups is 1.